The maximum absolute atomic E-state index is 11.9. The van der Waals surface area contributed by atoms with Crippen molar-refractivity contribution in [2.24, 2.45) is 0 Å². The summed E-state index contributed by atoms with van der Waals surface area (Å²) in [6.07, 6.45) is 1.47. The van der Waals surface area contributed by atoms with Crippen molar-refractivity contribution in [1.82, 2.24) is 20.1 Å². The molecule has 6 heteroatoms. The molecule has 0 aromatic carbocycles. The predicted octanol–water partition coefficient (Wildman–Crippen LogP) is 0.0541. The molecule has 0 aliphatic carbocycles. The number of rotatable bonds is 1. The topological polar surface area (TPSA) is 71.1 Å². The highest BCUT2D eigenvalue weighted by Gasteiger charge is 2.27. The summed E-state index contributed by atoms with van der Waals surface area (Å²) in [7, 11) is 0. The molecular formula is C9H14N4O2. The van der Waals surface area contributed by atoms with Crippen molar-refractivity contribution in [3.05, 3.63) is 12.2 Å². The van der Waals surface area contributed by atoms with E-state index in [1.807, 2.05) is 13.8 Å². The van der Waals surface area contributed by atoms with Crippen molar-refractivity contribution in [1.29, 1.82) is 0 Å². The normalized spacial score (nSPS) is 26.7. The van der Waals surface area contributed by atoms with Crippen LogP contribution in [0.3, 0.4) is 0 Å². The lowest BCUT2D eigenvalue weighted by molar-refractivity contribution is -0.0588. The maximum Gasteiger partial charge on any atom is 0.291 e. The summed E-state index contributed by atoms with van der Waals surface area (Å²) in [5, 5.41) is 6.23. The van der Waals surface area contributed by atoms with E-state index in [4.69, 9.17) is 4.74 Å². The Morgan fingerprint density at radius 3 is 2.73 bits per heavy atom. The van der Waals surface area contributed by atoms with Crippen molar-refractivity contribution >= 4 is 5.91 Å². The first-order valence-corrected chi connectivity index (χ1v) is 4.97. The van der Waals surface area contributed by atoms with Crippen LogP contribution in [-0.4, -0.2) is 51.3 Å². The third-order valence-corrected chi connectivity index (χ3v) is 2.32. The number of morpholine rings is 1. The smallest absolute Gasteiger partial charge is 0.291 e. The molecule has 1 N–H and O–H groups in total. The average molecular weight is 210 g/mol. The van der Waals surface area contributed by atoms with Gasteiger partial charge in [-0.25, -0.2) is 4.98 Å². The molecule has 1 aliphatic rings. The zero-order valence-corrected chi connectivity index (χ0v) is 8.80. The van der Waals surface area contributed by atoms with Crippen molar-refractivity contribution in [2.45, 2.75) is 26.1 Å². The van der Waals surface area contributed by atoms with Gasteiger partial charge in [-0.2, -0.15) is 5.10 Å². The molecule has 15 heavy (non-hydrogen) atoms. The SMILES string of the molecule is CC1CN(C(=O)c2ncn[nH]2)CC(C)O1. The van der Waals surface area contributed by atoms with Crippen LogP contribution in [0.15, 0.2) is 6.33 Å². The van der Waals surface area contributed by atoms with Crippen molar-refractivity contribution in [3.8, 4) is 0 Å². The fourth-order valence-corrected chi connectivity index (χ4v) is 1.80. The summed E-state index contributed by atoms with van der Waals surface area (Å²) in [6, 6.07) is 0. The lowest BCUT2D eigenvalue weighted by Gasteiger charge is -2.34. The van der Waals surface area contributed by atoms with Gasteiger partial charge in [0.1, 0.15) is 6.33 Å². The van der Waals surface area contributed by atoms with Crippen LogP contribution in [0, 0.1) is 0 Å². The van der Waals surface area contributed by atoms with E-state index < -0.39 is 0 Å². The molecule has 1 saturated heterocycles. The number of hydrogen-bond acceptors (Lipinski definition) is 4. The van der Waals surface area contributed by atoms with Crippen LogP contribution in [0.5, 0.6) is 0 Å². The highest BCUT2D eigenvalue weighted by molar-refractivity contribution is 5.90. The third kappa shape index (κ3) is 2.15. The number of carbonyl (C=O) groups is 1. The van der Waals surface area contributed by atoms with Crippen LogP contribution in [0.25, 0.3) is 0 Å². The molecule has 0 radical (unpaired) electrons. The molecular weight excluding hydrogens is 196 g/mol. The lowest BCUT2D eigenvalue weighted by Crippen LogP contribution is -2.48. The molecule has 0 saturated carbocycles. The minimum atomic E-state index is -0.116. The maximum atomic E-state index is 11.9. The van der Waals surface area contributed by atoms with E-state index in [0.29, 0.717) is 13.1 Å². The number of aromatic nitrogens is 3. The molecule has 1 aromatic heterocycles. The van der Waals surface area contributed by atoms with Crippen LogP contribution in [0.2, 0.25) is 0 Å². The minimum absolute atomic E-state index is 0.0700. The number of ether oxygens (including phenoxy) is 1. The number of carbonyl (C=O) groups excluding carboxylic acids is 1. The number of amides is 1. The monoisotopic (exact) mass is 210 g/mol. The Morgan fingerprint density at radius 1 is 1.53 bits per heavy atom. The van der Waals surface area contributed by atoms with E-state index in [-0.39, 0.29) is 23.9 Å². The highest BCUT2D eigenvalue weighted by Crippen LogP contribution is 2.12. The molecule has 2 rings (SSSR count). The minimum Gasteiger partial charge on any atom is -0.372 e. The molecule has 1 fully saturated rings. The van der Waals surface area contributed by atoms with E-state index >= 15 is 0 Å². The van der Waals surface area contributed by atoms with Gasteiger partial charge in [-0.1, -0.05) is 0 Å². The van der Waals surface area contributed by atoms with Gasteiger partial charge in [0.25, 0.3) is 5.91 Å². The standard InChI is InChI=1S/C9H14N4O2/c1-6-3-13(4-7(2)15-6)9(14)8-10-5-11-12-8/h5-7H,3-4H2,1-2H3,(H,10,11,12). The van der Waals surface area contributed by atoms with Gasteiger partial charge in [-0.15, -0.1) is 0 Å². The van der Waals surface area contributed by atoms with Gasteiger partial charge < -0.3 is 9.64 Å². The summed E-state index contributed by atoms with van der Waals surface area (Å²) < 4.78 is 5.54. The van der Waals surface area contributed by atoms with Crippen LogP contribution < -0.4 is 0 Å². The Bertz CT molecular complexity index is 328. The van der Waals surface area contributed by atoms with Gasteiger partial charge in [0, 0.05) is 13.1 Å². The number of hydrogen-bond donors (Lipinski definition) is 1. The first-order chi connectivity index (χ1) is 7.16. The summed E-state index contributed by atoms with van der Waals surface area (Å²) >= 11 is 0. The van der Waals surface area contributed by atoms with Gasteiger partial charge in [-0.05, 0) is 13.8 Å². The first kappa shape index (κ1) is 10.1. The number of nitrogens with zero attached hydrogens (tertiary/aromatic N) is 3. The Balaban J connectivity index is 2.07. The zero-order valence-electron chi connectivity index (χ0n) is 8.80. The van der Waals surface area contributed by atoms with Gasteiger partial charge in [0.2, 0.25) is 5.82 Å². The van der Waals surface area contributed by atoms with Crippen molar-refractivity contribution in [2.75, 3.05) is 13.1 Å². The molecule has 1 aromatic rings. The molecule has 1 amide bonds. The summed E-state index contributed by atoms with van der Waals surface area (Å²) in [5.74, 6) is 0.172. The zero-order chi connectivity index (χ0) is 10.8. The molecule has 82 valence electrons. The summed E-state index contributed by atoms with van der Waals surface area (Å²) in [4.78, 5) is 17.5. The van der Waals surface area contributed by atoms with E-state index in [9.17, 15) is 4.79 Å². The summed E-state index contributed by atoms with van der Waals surface area (Å²) in [5.41, 5.74) is 0. The number of H-pyrrole nitrogens is 1. The van der Waals surface area contributed by atoms with E-state index in [1.165, 1.54) is 6.33 Å². The third-order valence-electron chi connectivity index (χ3n) is 2.32. The summed E-state index contributed by atoms with van der Waals surface area (Å²) in [6.45, 7) is 5.11. The highest BCUT2D eigenvalue weighted by atomic mass is 16.5. The van der Waals surface area contributed by atoms with Crippen molar-refractivity contribution < 1.29 is 9.53 Å². The molecule has 0 spiro atoms. The van der Waals surface area contributed by atoms with Gasteiger partial charge in [0.15, 0.2) is 0 Å². The van der Waals surface area contributed by atoms with Gasteiger partial charge >= 0.3 is 0 Å². The fraction of sp³-hybridized carbons (Fsp3) is 0.667. The predicted molar refractivity (Wildman–Crippen MR) is 52.3 cm³/mol. The second-order valence-electron chi connectivity index (χ2n) is 3.80. The van der Waals surface area contributed by atoms with Crippen LogP contribution in [0.4, 0.5) is 0 Å². The Kier molecular flexibility index (Phi) is 2.68. The van der Waals surface area contributed by atoms with E-state index in [0.717, 1.165) is 0 Å². The van der Waals surface area contributed by atoms with Crippen LogP contribution in [0.1, 0.15) is 24.5 Å². The first-order valence-electron chi connectivity index (χ1n) is 4.97. The molecule has 2 heterocycles. The van der Waals surface area contributed by atoms with Gasteiger partial charge in [0.05, 0.1) is 12.2 Å². The van der Waals surface area contributed by atoms with Gasteiger partial charge in [-0.3, -0.25) is 9.89 Å². The van der Waals surface area contributed by atoms with E-state index in [2.05, 4.69) is 15.2 Å². The molecule has 2 atom stereocenters. The number of nitrogens with one attached hydrogen (secondary N) is 1. The molecule has 2 unspecified atom stereocenters. The Morgan fingerprint density at radius 2 is 2.20 bits per heavy atom. The second-order valence-corrected chi connectivity index (χ2v) is 3.80. The fourth-order valence-electron chi connectivity index (χ4n) is 1.80. The Labute approximate surface area is 87.6 Å². The van der Waals surface area contributed by atoms with E-state index in [1.54, 1.807) is 4.90 Å². The van der Waals surface area contributed by atoms with Crippen molar-refractivity contribution in [3.63, 3.8) is 0 Å². The molecule has 0 bridgehead atoms. The lowest BCUT2D eigenvalue weighted by atomic mass is 10.2. The largest absolute Gasteiger partial charge is 0.372 e. The molecule has 6 nitrogen and oxygen atoms in total. The number of aromatic amines is 1. The average Bonchev–Trinajstić information content (AvgIpc) is 2.67. The second kappa shape index (κ2) is 3.98. The molecule has 1 aliphatic heterocycles. The quantitative estimate of drug-likeness (QED) is 0.711. The van der Waals surface area contributed by atoms with Crippen LogP contribution in [-0.2, 0) is 4.74 Å². The Hall–Kier alpha value is -1.43. The van der Waals surface area contributed by atoms with Crippen LogP contribution >= 0.6 is 0 Å².